The van der Waals surface area contributed by atoms with Crippen molar-refractivity contribution in [3.63, 3.8) is 0 Å². The molecule has 134 heavy (non-hydrogen) atoms. The summed E-state index contributed by atoms with van der Waals surface area (Å²) in [6.07, 6.45) is 33.9. The van der Waals surface area contributed by atoms with Gasteiger partial charge in [-0.1, -0.05) is 50.7 Å². The fourth-order valence-electron chi connectivity index (χ4n) is 22.1. The number of piperazine rings is 4. The Kier molecular flexibility index (Phi) is 26.3. The maximum atomic E-state index is 12.6. The fourth-order valence-corrected chi connectivity index (χ4v) is 24.2. The van der Waals surface area contributed by atoms with Crippen LogP contribution in [-0.4, -0.2) is 258 Å². The van der Waals surface area contributed by atoms with Crippen molar-refractivity contribution in [3.8, 4) is 0 Å². The summed E-state index contributed by atoms with van der Waals surface area (Å²) in [5.74, 6) is 5.28. The lowest BCUT2D eigenvalue weighted by atomic mass is 9.76. The van der Waals surface area contributed by atoms with Crippen molar-refractivity contribution in [3.05, 3.63) is 139 Å². The minimum absolute atomic E-state index is 0.0555. The first-order valence-corrected chi connectivity index (χ1v) is 51.4. The lowest BCUT2D eigenvalue weighted by molar-refractivity contribution is 0.180. The van der Waals surface area contributed by atoms with Crippen LogP contribution in [0.5, 0.6) is 0 Å². The first-order chi connectivity index (χ1) is 64.6. The van der Waals surface area contributed by atoms with Crippen molar-refractivity contribution in [2.45, 2.75) is 244 Å². The third kappa shape index (κ3) is 19.2. The molecule has 31 nitrogen and oxygen atoms in total. The van der Waals surface area contributed by atoms with Crippen LogP contribution in [0.1, 0.15) is 203 Å². The maximum absolute atomic E-state index is 12.6. The van der Waals surface area contributed by atoms with Crippen LogP contribution in [0.15, 0.2) is 132 Å². The van der Waals surface area contributed by atoms with Gasteiger partial charge in [0.2, 0.25) is 23.8 Å². The number of hydrogen-bond acceptors (Lipinski definition) is 28. The van der Waals surface area contributed by atoms with E-state index in [4.69, 9.17) is 32.2 Å². The molecular weight excluding hydrogens is 1720 g/mol. The Morgan fingerprint density at radius 3 is 1.07 bits per heavy atom. The van der Waals surface area contributed by atoms with Gasteiger partial charge in [0.25, 0.3) is 0 Å². The molecular formula is C101H135N29O2S2. The van der Waals surface area contributed by atoms with Crippen molar-refractivity contribution in [2.24, 2.45) is 4.99 Å². The van der Waals surface area contributed by atoms with Gasteiger partial charge >= 0.3 is 0 Å². The van der Waals surface area contributed by atoms with E-state index >= 15 is 0 Å². The number of aliphatic imine (C=N–C) groups is 1. The highest BCUT2D eigenvalue weighted by atomic mass is 32.2. The molecule has 8 aliphatic heterocycles. The van der Waals surface area contributed by atoms with Crippen molar-refractivity contribution in [1.82, 2.24) is 97.7 Å². The Morgan fingerprint density at radius 2 is 0.694 bits per heavy atom. The molecule has 10 aliphatic rings. The van der Waals surface area contributed by atoms with Gasteiger partial charge in [0.05, 0.1) is 82.5 Å². The molecule has 6 fully saturated rings. The summed E-state index contributed by atoms with van der Waals surface area (Å²) in [4.78, 5) is 81.8. The molecule has 2 saturated carbocycles. The second kappa shape index (κ2) is 38.3. The van der Waals surface area contributed by atoms with Gasteiger partial charge in [-0.25, -0.2) is 48.3 Å². The average molecular weight is 1850 g/mol. The standard InChI is InChI=1S/C27H36N8.C27H35N7S.C24H33N7.C23H31N7O2S/c1-19(2)33-11-13-34(14-12-33)22-7-8-24(28-17-22)31-26-29-16-21-15-23-20(3)30-18-27(9-5-4-6-10-27)35(23)25(21)32-26;1-19(2)32-12-14-33(15-13-32)21-6-7-24(28-18-21)30-26-29-17-20-16-22-23(35)8-11-27(9-4-3-5-10-27)34(22)25(20)31-26;1-17(2)29-10-12-30(13-11-29)20-7-8-21(25-16-20)27-23-26-15-18-14-19-6-5-9-24(3,4)31(19)22(18)28-23;1-16(2)28-8-10-29(11-9-28)18-5-6-19(24-15-18)26-22-25-14-17-13-20-30(21(17)27-22)23(3,4)7-12-33(20,31)32/h7-8,15-17,19H,4-6,9-14,18H2,1-3H3,(H,28,29,31,32);6-7,16-19H,3-5,8-15H2,1-2H3,(H,28,29,30,31);7-8,14-17H,5-6,9-13H2,1-4H3,(H,25,26,27,28);5-6,13-16H,7-12H2,1-4H3,(H,24,25,26,27). The normalized spacial score (nSPS) is 20.1. The van der Waals surface area contributed by atoms with Crippen LogP contribution in [0.25, 0.3) is 44.1 Å². The molecule has 12 aromatic rings. The zero-order valence-corrected chi connectivity index (χ0v) is 82.3. The topological polar surface area (TPSA) is 295 Å². The smallest absolute Gasteiger partial charge is 0.230 e. The molecule has 4 N–H and O–H groups in total. The summed E-state index contributed by atoms with van der Waals surface area (Å²) < 4.78 is 34.4. The van der Waals surface area contributed by atoms with Gasteiger partial charge in [0.1, 0.15) is 50.9 Å². The summed E-state index contributed by atoms with van der Waals surface area (Å²) in [7, 11) is -3.32. The number of thiocarbonyl (C=S) groups is 1. The first-order valence-electron chi connectivity index (χ1n) is 49.3. The van der Waals surface area contributed by atoms with Crippen LogP contribution in [0.4, 0.5) is 69.8 Å². The number of aryl methyl sites for hydroxylation is 1. The van der Waals surface area contributed by atoms with Crippen LogP contribution in [0.2, 0.25) is 0 Å². The quantitative estimate of drug-likeness (QED) is 0.0654. The maximum Gasteiger partial charge on any atom is 0.230 e. The molecule has 0 aromatic carbocycles. The van der Waals surface area contributed by atoms with E-state index in [-0.39, 0.29) is 27.9 Å². The van der Waals surface area contributed by atoms with Crippen LogP contribution in [-0.2, 0) is 38.4 Å². The highest BCUT2D eigenvalue weighted by Gasteiger charge is 2.44. The van der Waals surface area contributed by atoms with Crippen molar-refractivity contribution in [1.29, 1.82) is 0 Å². The van der Waals surface area contributed by atoms with Gasteiger partial charge in [-0.3, -0.25) is 24.6 Å². The van der Waals surface area contributed by atoms with Gasteiger partial charge < -0.3 is 59.1 Å². The summed E-state index contributed by atoms with van der Waals surface area (Å²) in [5.41, 5.74) is 13.0. The number of nitrogens with zero attached hydrogens (tertiary/aromatic N) is 25. The van der Waals surface area contributed by atoms with Crippen LogP contribution in [0.3, 0.4) is 0 Å². The lowest BCUT2D eigenvalue weighted by Gasteiger charge is -2.43. The SMILES string of the molecule is CC(C)N1CCN(c2ccc(Nc3ncc4cc5n(c4n3)C(C)(C)CCC5)nc2)CC1.CC(C)N1CCN(c2ccc(Nc3ncc4cc5n(c4n3)C(C)(C)CCS5(=O)=O)nc2)CC1.CC(C)N1CCN(c2ccc(Nc3ncc4cc5n(c4n3)C3(CCCCC3)CCC5=S)nc2)CC1.CC1=NCC2(CCCCC2)n2c1cc1cnc(Nc3ccc(N4CCN(C(C)C)CC4)cn3)nc12. The Morgan fingerprint density at radius 1 is 0.351 bits per heavy atom. The van der Waals surface area contributed by atoms with E-state index in [1.807, 2.05) is 86.1 Å². The minimum atomic E-state index is -3.32. The molecule has 4 saturated heterocycles. The van der Waals surface area contributed by atoms with E-state index in [1.54, 1.807) is 12.3 Å². The monoisotopic (exact) mass is 1850 g/mol. The largest absolute Gasteiger partial charge is 0.368 e. The number of nitrogens with one attached hydrogen (secondary N) is 4. The molecule has 0 amide bonds. The summed E-state index contributed by atoms with van der Waals surface area (Å²) in [5, 5.41) is 17.5. The third-order valence-corrected chi connectivity index (χ3v) is 32.2. The zero-order valence-electron chi connectivity index (χ0n) is 80.7. The summed E-state index contributed by atoms with van der Waals surface area (Å²) in [6, 6.07) is 27.2. The van der Waals surface area contributed by atoms with Crippen molar-refractivity contribution >= 4 is 147 Å². The molecule has 0 radical (unpaired) electrons. The van der Waals surface area contributed by atoms with Crippen molar-refractivity contribution in [2.75, 3.05) is 158 Å². The first kappa shape index (κ1) is 92.1. The Labute approximate surface area is 794 Å². The van der Waals surface area contributed by atoms with Crippen LogP contribution in [0, 0.1) is 0 Å². The molecule has 2 aliphatic carbocycles. The molecule has 0 unspecified atom stereocenters. The number of sulfone groups is 1. The summed E-state index contributed by atoms with van der Waals surface area (Å²) in [6.45, 7) is 46.6. The number of aromatic nitrogens is 16. The fraction of sp³-hybridized carbons (Fsp3) is 0.545. The van der Waals surface area contributed by atoms with Crippen LogP contribution < -0.4 is 40.9 Å². The minimum Gasteiger partial charge on any atom is -0.368 e. The third-order valence-electron chi connectivity index (χ3n) is 30.1. The van der Waals surface area contributed by atoms with Gasteiger partial charge in [-0.05, 0) is 227 Å². The molecule has 0 bridgehead atoms. The van der Waals surface area contributed by atoms with Gasteiger partial charge in [0.15, 0.2) is 9.84 Å². The highest BCUT2D eigenvalue weighted by molar-refractivity contribution is 7.91. The number of fused-ring (bicyclic) bond motifs is 14. The van der Waals surface area contributed by atoms with E-state index in [9.17, 15) is 8.42 Å². The lowest BCUT2D eigenvalue weighted by Crippen LogP contribution is -2.48. The van der Waals surface area contributed by atoms with E-state index in [1.165, 1.54) is 111 Å². The number of anilines is 12. The molecule has 22 rings (SSSR count). The number of pyridine rings is 4. The van der Waals surface area contributed by atoms with Gasteiger partial charge in [-0.2, -0.15) is 19.9 Å². The molecule has 708 valence electrons. The molecule has 33 heteroatoms. The zero-order chi connectivity index (χ0) is 93.0. The number of rotatable bonds is 16. The van der Waals surface area contributed by atoms with E-state index in [0.717, 1.165) is 203 Å². The van der Waals surface area contributed by atoms with Gasteiger partial charge in [-0.15, -0.1) is 0 Å². The Bertz CT molecular complexity index is 6190. The second-order valence-electron chi connectivity index (χ2n) is 40.9. The van der Waals surface area contributed by atoms with Crippen molar-refractivity contribution < 1.29 is 8.42 Å². The predicted octanol–water partition coefficient (Wildman–Crippen LogP) is 17.0. The molecule has 0 atom stereocenters. The Hall–Kier alpha value is -11.0. The van der Waals surface area contributed by atoms with Gasteiger partial charge in [0, 0.05) is 202 Å². The van der Waals surface area contributed by atoms with Crippen LogP contribution >= 0.6 is 12.2 Å². The molecule has 2 spiro atoms. The van der Waals surface area contributed by atoms with E-state index < -0.39 is 9.84 Å². The summed E-state index contributed by atoms with van der Waals surface area (Å²) >= 11 is 5.78. The Balaban J connectivity index is 0.000000115. The van der Waals surface area contributed by atoms with E-state index in [2.05, 4.69) is 238 Å². The predicted molar refractivity (Wildman–Crippen MR) is 544 cm³/mol. The highest BCUT2D eigenvalue weighted by Crippen LogP contribution is 2.47. The molecule has 12 aromatic heterocycles. The molecule has 20 heterocycles. The second-order valence-corrected chi connectivity index (χ2v) is 43.5. The number of hydrogen-bond donors (Lipinski definition) is 4. The van der Waals surface area contributed by atoms with E-state index in [0.29, 0.717) is 70.9 Å². The average Bonchev–Trinajstić information content (AvgIpc) is 1.56.